The first-order valence-electron chi connectivity index (χ1n) is 10.6. The number of likely N-dealkylation sites (N-methyl/N-ethyl adjacent to an activating group) is 1. The molecule has 0 aliphatic rings. The molecular weight excluding hydrogens is 452 g/mol. The van der Waals surface area contributed by atoms with Gasteiger partial charge in [-0.3, -0.25) is 13.9 Å². The molecule has 1 N–H and O–H groups in total. The van der Waals surface area contributed by atoms with Crippen molar-refractivity contribution in [1.29, 1.82) is 0 Å². The van der Waals surface area contributed by atoms with Crippen LogP contribution in [0.15, 0.2) is 48.5 Å². The highest BCUT2D eigenvalue weighted by atomic mass is 32.2. The highest BCUT2D eigenvalue weighted by Crippen LogP contribution is 2.22. The molecule has 0 fully saturated rings. The van der Waals surface area contributed by atoms with Crippen molar-refractivity contribution >= 4 is 27.5 Å². The molecule has 1 atom stereocenters. The fourth-order valence-corrected chi connectivity index (χ4v) is 4.29. The molecule has 0 bridgehead atoms. The minimum Gasteiger partial charge on any atom is -0.355 e. The van der Waals surface area contributed by atoms with E-state index in [1.165, 1.54) is 47.4 Å². The Kier molecular flexibility index (Phi) is 9.33. The van der Waals surface area contributed by atoms with E-state index in [2.05, 4.69) is 5.32 Å². The van der Waals surface area contributed by atoms with E-state index in [9.17, 15) is 26.8 Å². The molecule has 2 amide bonds. The van der Waals surface area contributed by atoms with Crippen LogP contribution in [-0.2, 0) is 26.2 Å². The largest absolute Gasteiger partial charge is 0.355 e. The summed E-state index contributed by atoms with van der Waals surface area (Å²) in [5.41, 5.74) is 0.552. The zero-order valence-corrected chi connectivity index (χ0v) is 19.7. The summed E-state index contributed by atoms with van der Waals surface area (Å²) in [6.45, 7) is 3.73. The van der Waals surface area contributed by atoms with Crippen LogP contribution in [-0.4, -0.2) is 50.5 Å². The Bertz CT molecular complexity index is 1060. The van der Waals surface area contributed by atoms with E-state index in [1.807, 2.05) is 0 Å². The first-order chi connectivity index (χ1) is 15.5. The predicted molar refractivity (Wildman–Crippen MR) is 123 cm³/mol. The Morgan fingerprint density at radius 2 is 1.70 bits per heavy atom. The molecule has 2 rings (SSSR count). The fourth-order valence-electron chi connectivity index (χ4n) is 3.33. The van der Waals surface area contributed by atoms with Gasteiger partial charge in [0, 0.05) is 26.1 Å². The van der Waals surface area contributed by atoms with Gasteiger partial charge in [-0.1, -0.05) is 24.3 Å². The molecule has 7 nitrogen and oxygen atoms in total. The second-order valence-corrected chi connectivity index (χ2v) is 9.52. The zero-order chi connectivity index (χ0) is 24.6. The lowest BCUT2D eigenvalue weighted by Crippen LogP contribution is -2.47. The molecule has 0 aromatic heterocycles. The fraction of sp³-hybridized carbons (Fsp3) is 0.391. The number of sulfonamides is 1. The van der Waals surface area contributed by atoms with E-state index in [4.69, 9.17) is 0 Å². The van der Waals surface area contributed by atoms with E-state index in [0.717, 1.165) is 16.6 Å². The summed E-state index contributed by atoms with van der Waals surface area (Å²) in [4.78, 5) is 26.8. The molecule has 0 spiro atoms. The van der Waals surface area contributed by atoms with E-state index >= 15 is 0 Å². The third-order valence-electron chi connectivity index (χ3n) is 5.06. The summed E-state index contributed by atoms with van der Waals surface area (Å²) in [5, 5.41) is 2.68. The van der Waals surface area contributed by atoms with Gasteiger partial charge in [0.05, 0.1) is 11.9 Å². The Labute approximate surface area is 193 Å². The molecule has 0 saturated carbocycles. The number of amides is 2. The number of halogens is 2. The van der Waals surface area contributed by atoms with Crippen LogP contribution >= 0.6 is 0 Å². The predicted octanol–water partition coefficient (Wildman–Crippen LogP) is 3.06. The second kappa shape index (κ2) is 11.7. The summed E-state index contributed by atoms with van der Waals surface area (Å²) in [7, 11) is -3.78. The molecule has 2 aromatic rings. The van der Waals surface area contributed by atoms with Crippen molar-refractivity contribution in [3.05, 3.63) is 65.7 Å². The maximum Gasteiger partial charge on any atom is 0.242 e. The number of para-hydroxylation sites is 1. The average Bonchev–Trinajstić information content (AvgIpc) is 2.76. The van der Waals surface area contributed by atoms with Crippen LogP contribution in [0.25, 0.3) is 0 Å². The number of hydrogen-bond acceptors (Lipinski definition) is 4. The first-order valence-corrected chi connectivity index (χ1v) is 12.4. The van der Waals surface area contributed by atoms with Gasteiger partial charge in [-0.15, -0.1) is 0 Å². The molecule has 0 unspecified atom stereocenters. The Morgan fingerprint density at radius 3 is 2.27 bits per heavy atom. The molecule has 0 heterocycles. The van der Waals surface area contributed by atoms with E-state index in [-0.39, 0.29) is 43.4 Å². The lowest BCUT2D eigenvalue weighted by atomic mass is 10.1. The van der Waals surface area contributed by atoms with Gasteiger partial charge in [0.1, 0.15) is 17.7 Å². The zero-order valence-electron chi connectivity index (χ0n) is 18.9. The second-order valence-electron chi connectivity index (χ2n) is 7.61. The normalized spacial score (nSPS) is 12.2. The number of carbonyl (C=O) groups is 2. The smallest absolute Gasteiger partial charge is 0.242 e. The standard InChI is InChI=1S/C23H29F2N3O4S/c1-4-26-23(30)17(2)27(16-18-11-13-19(24)14-12-18)22(29)10-7-15-28(33(3,31)32)21-9-6-5-8-20(21)25/h5-6,8-9,11-14,17H,4,7,10,15-16H2,1-3H3,(H,26,30)/t17-/m0/s1. The van der Waals surface area contributed by atoms with Gasteiger partial charge in [-0.2, -0.15) is 0 Å². The van der Waals surface area contributed by atoms with E-state index in [0.29, 0.717) is 12.1 Å². The van der Waals surface area contributed by atoms with Crippen LogP contribution in [0.3, 0.4) is 0 Å². The first kappa shape index (κ1) is 26.2. The summed E-state index contributed by atoms with van der Waals surface area (Å²) in [5.74, 6) is -1.81. The van der Waals surface area contributed by atoms with Crippen molar-refractivity contribution in [2.24, 2.45) is 0 Å². The molecule has 0 aliphatic carbocycles. The third kappa shape index (κ3) is 7.52. The number of nitrogens with zero attached hydrogens (tertiary/aromatic N) is 2. The Hall–Kier alpha value is -3.01. The molecule has 180 valence electrons. The summed E-state index contributed by atoms with van der Waals surface area (Å²) in [6.07, 6.45) is 1.02. The van der Waals surface area contributed by atoms with Crippen molar-refractivity contribution in [1.82, 2.24) is 10.2 Å². The van der Waals surface area contributed by atoms with Crippen molar-refractivity contribution in [2.75, 3.05) is 23.7 Å². The maximum absolute atomic E-state index is 14.2. The number of carbonyl (C=O) groups excluding carboxylic acids is 2. The highest BCUT2D eigenvalue weighted by molar-refractivity contribution is 7.92. The molecule has 0 radical (unpaired) electrons. The van der Waals surface area contributed by atoms with Crippen LogP contribution < -0.4 is 9.62 Å². The summed E-state index contributed by atoms with van der Waals surface area (Å²) in [6, 6.07) is 10.3. The van der Waals surface area contributed by atoms with Crippen LogP contribution in [0.5, 0.6) is 0 Å². The monoisotopic (exact) mass is 481 g/mol. The van der Waals surface area contributed by atoms with Crippen LogP contribution in [0.2, 0.25) is 0 Å². The molecule has 10 heteroatoms. The van der Waals surface area contributed by atoms with Crippen molar-refractivity contribution < 1.29 is 26.8 Å². The topological polar surface area (TPSA) is 86.8 Å². The van der Waals surface area contributed by atoms with E-state index in [1.54, 1.807) is 13.8 Å². The third-order valence-corrected chi connectivity index (χ3v) is 6.24. The SMILES string of the molecule is CCNC(=O)[C@H](C)N(Cc1ccc(F)cc1)C(=O)CCCN(c1ccccc1F)S(C)(=O)=O. The number of rotatable bonds is 11. The van der Waals surface area contributed by atoms with Crippen LogP contribution in [0.1, 0.15) is 32.3 Å². The summed E-state index contributed by atoms with van der Waals surface area (Å²) >= 11 is 0. The number of benzene rings is 2. The van der Waals surface area contributed by atoms with Crippen LogP contribution in [0.4, 0.5) is 14.5 Å². The van der Waals surface area contributed by atoms with Crippen LogP contribution in [0, 0.1) is 11.6 Å². The maximum atomic E-state index is 14.2. The molecule has 0 aliphatic heterocycles. The number of anilines is 1. The van der Waals surface area contributed by atoms with Crippen molar-refractivity contribution in [3.8, 4) is 0 Å². The quantitative estimate of drug-likeness (QED) is 0.535. The molecule has 33 heavy (non-hydrogen) atoms. The van der Waals surface area contributed by atoms with Gasteiger partial charge in [-0.25, -0.2) is 17.2 Å². The summed E-state index contributed by atoms with van der Waals surface area (Å²) < 4.78 is 52.8. The average molecular weight is 482 g/mol. The van der Waals surface area contributed by atoms with Gasteiger partial charge in [-0.05, 0) is 50.1 Å². The number of nitrogens with one attached hydrogen (secondary N) is 1. The lowest BCUT2D eigenvalue weighted by Gasteiger charge is -2.29. The highest BCUT2D eigenvalue weighted by Gasteiger charge is 2.26. The molecule has 0 saturated heterocycles. The minimum atomic E-state index is -3.78. The Balaban J connectivity index is 2.15. The van der Waals surface area contributed by atoms with Gasteiger partial charge in [0.25, 0.3) is 0 Å². The lowest BCUT2D eigenvalue weighted by molar-refractivity contribution is -0.140. The van der Waals surface area contributed by atoms with Crippen molar-refractivity contribution in [2.45, 2.75) is 39.3 Å². The van der Waals surface area contributed by atoms with E-state index < -0.39 is 27.7 Å². The van der Waals surface area contributed by atoms with Gasteiger partial charge in [0.2, 0.25) is 21.8 Å². The minimum absolute atomic E-state index is 0.0641. The molecule has 2 aromatic carbocycles. The van der Waals surface area contributed by atoms with Crippen molar-refractivity contribution in [3.63, 3.8) is 0 Å². The van der Waals surface area contributed by atoms with Gasteiger partial charge < -0.3 is 10.2 Å². The Morgan fingerprint density at radius 1 is 1.06 bits per heavy atom. The van der Waals surface area contributed by atoms with Gasteiger partial charge in [0.15, 0.2) is 0 Å². The number of hydrogen-bond donors (Lipinski definition) is 1. The molecular formula is C23H29F2N3O4S. The van der Waals surface area contributed by atoms with Gasteiger partial charge >= 0.3 is 0 Å².